The van der Waals surface area contributed by atoms with Gasteiger partial charge >= 0.3 is 5.97 Å². The fourth-order valence-electron chi connectivity index (χ4n) is 2.34. The second kappa shape index (κ2) is 9.02. The predicted octanol–water partition coefficient (Wildman–Crippen LogP) is 4.15. The molecule has 0 bridgehead atoms. The minimum absolute atomic E-state index is 0.173. The first-order valence-corrected chi connectivity index (χ1v) is 8.99. The molecule has 27 heavy (non-hydrogen) atoms. The number of benzene rings is 2. The molecule has 5 nitrogen and oxygen atoms in total. The van der Waals surface area contributed by atoms with Crippen LogP contribution < -0.4 is 5.32 Å². The van der Waals surface area contributed by atoms with Gasteiger partial charge in [-0.1, -0.05) is 35.3 Å². The molecule has 0 spiro atoms. The molecule has 1 amide bonds. The Balaban J connectivity index is 1.91. The highest BCUT2D eigenvalue weighted by Crippen LogP contribution is 2.20. The maximum absolute atomic E-state index is 12.4. The van der Waals surface area contributed by atoms with Gasteiger partial charge in [-0.15, -0.1) is 0 Å². The summed E-state index contributed by atoms with van der Waals surface area (Å²) in [6, 6.07) is 9.70. The first-order valence-electron chi connectivity index (χ1n) is 8.23. The Kier molecular flexibility index (Phi) is 6.99. The summed E-state index contributed by atoms with van der Waals surface area (Å²) in [6.07, 6.45) is -0.962. The Hall–Kier alpha value is -2.37. The van der Waals surface area contributed by atoms with Crippen molar-refractivity contribution in [3.05, 3.63) is 68.7 Å². The van der Waals surface area contributed by atoms with Crippen LogP contribution in [0, 0.1) is 13.8 Å². The number of nitrogens with one attached hydrogen (secondary N) is 1. The molecule has 0 aliphatic carbocycles. The van der Waals surface area contributed by atoms with Crippen molar-refractivity contribution >= 4 is 40.9 Å². The molecule has 0 saturated carbocycles. The van der Waals surface area contributed by atoms with Crippen LogP contribution in [-0.2, 0) is 9.53 Å². The van der Waals surface area contributed by atoms with Crippen LogP contribution in [-0.4, -0.2) is 30.3 Å². The van der Waals surface area contributed by atoms with Crippen molar-refractivity contribution in [1.29, 1.82) is 0 Å². The Morgan fingerprint density at radius 3 is 2.37 bits per heavy atom. The van der Waals surface area contributed by atoms with Gasteiger partial charge in [0.25, 0.3) is 5.91 Å². The third-order valence-electron chi connectivity index (χ3n) is 4.04. The average Bonchev–Trinajstić information content (AvgIpc) is 2.61. The van der Waals surface area contributed by atoms with Crippen molar-refractivity contribution in [2.75, 3.05) is 6.54 Å². The van der Waals surface area contributed by atoms with Gasteiger partial charge in [-0.3, -0.25) is 14.4 Å². The highest BCUT2D eigenvalue weighted by atomic mass is 35.5. The average molecular weight is 408 g/mol. The van der Waals surface area contributed by atoms with Crippen LogP contribution in [0.5, 0.6) is 0 Å². The molecule has 1 N–H and O–H groups in total. The standard InChI is InChI=1S/C20H19Cl2NO4/c1-11-4-5-14(8-12(11)2)19(25)13(3)27-18(24)10-23-20(26)16-7-6-15(21)9-17(16)22/h4-9,13H,10H2,1-3H3,(H,23,26)/t13-/m1/s1. The normalized spacial score (nSPS) is 11.6. The summed E-state index contributed by atoms with van der Waals surface area (Å²) in [7, 11) is 0. The molecule has 0 saturated heterocycles. The van der Waals surface area contributed by atoms with Crippen LogP contribution >= 0.6 is 23.2 Å². The number of Topliss-reactive ketones (excluding diaryl/α,β-unsaturated/α-hetero) is 1. The summed E-state index contributed by atoms with van der Waals surface area (Å²) >= 11 is 11.7. The fraction of sp³-hybridized carbons (Fsp3) is 0.250. The molecule has 0 radical (unpaired) electrons. The molecule has 0 unspecified atom stereocenters. The maximum atomic E-state index is 12.4. The molecule has 0 aromatic heterocycles. The smallest absolute Gasteiger partial charge is 0.326 e. The third-order valence-corrected chi connectivity index (χ3v) is 4.59. The summed E-state index contributed by atoms with van der Waals surface area (Å²) in [5, 5.41) is 2.98. The van der Waals surface area contributed by atoms with Crippen LogP contribution in [0.2, 0.25) is 10.0 Å². The second-order valence-corrected chi connectivity index (χ2v) is 6.95. The Morgan fingerprint density at radius 2 is 1.74 bits per heavy atom. The van der Waals surface area contributed by atoms with Crippen LogP contribution in [0.3, 0.4) is 0 Å². The molecule has 2 aromatic carbocycles. The molecule has 1 atom stereocenters. The summed E-state index contributed by atoms with van der Waals surface area (Å²) in [5.41, 5.74) is 2.70. The van der Waals surface area contributed by atoms with Crippen molar-refractivity contribution < 1.29 is 19.1 Å². The van der Waals surface area contributed by atoms with E-state index in [1.165, 1.54) is 25.1 Å². The van der Waals surface area contributed by atoms with E-state index >= 15 is 0 Å². The zero-order chi connectivity index (χ0) is 20.1. The lowest BCUT2D eigenvalue weighted by Gasteiger charge is -2.14. The number of carbonyl (C=O) groups is 3. The topological polar surface area (TPSA) is 72.5 Å². The number of aryl methyl sites for hydroxylation is 2. The summed E-state index contributed by atoms with van der Waals surface area (Å²) in [5.74, 6) is -1.57. The van der Waals surface area contributed by atoms with Crippen LogP contribution in [0.15, 0.2) is 36.4 Å². The zero-order valence-corrected chi connectivity index (χ0v) is 16.6. The van der Waals surface area contributed by atoms with E-state index in [2.05, 4.69) is 5.32 Å². The van der Waals surface area contributed by atoms with Crippen LogP contribution in [0.1, 0.15) is 38.8 Å². The number of ketones is 1. The van der Waals surface area contributed by atoms with Crippen molar-refractivity contribution in [2.24, 2.45) is 0 Å². The predicted molar refractivity (Wildman–Crippen MR) is 105 cm³/mol. The van der Waals surface area contributed by atoms with E-state index < -0.39 is 18.0 Å². The SMILES string of the molecule is Cc1ccc(C(=O)[C@@H](C)OC(=O)CNC(=O)c2ccc(Cl)cc2Cl)cc1C. The maximum Gasteiger partial charge on any atom is 0.326 e. The van der Waals surface area contributed by atoms with Gasteiger partial charge in [0.1, 0.15) is 6.54 Å². The summed E-state index contributed by atoms with van der Waals surface area (Å²) in [4.78, 5) is 36.4. The third kappa shape index (κ3) is 5.55. The van der Waals surface area contributed by atoms with Gasteiger partial charge in [-0.25, -0.2) is 0 Å². The largest absolute Gasteiger partial charge is 0.453 e. The van der Waals surface area contributed by atoms with Gasteiger partial charge in [0.15, 0.2) is 6.10 Å². The number of ether oxygens (including phenoxy) is 1. The van der Waals surface area contributed by atoms with Gasteiger partial charge in [0.2, 0.25) is 5.78 Å². The number of halogens is 2. The van der Waals surface area contributed by atoms with Crippen LogP contribution in [0.25, 0.3) is 0 Å². The Labute approximate surface area is 167 Å². The minimum atomic E-state index is -0.962. The highest BCUT2D eigenvalue weighted by Gasteiger charge is 2.20. The van der Waals surface area contributed by atoms with E-state index in [0.29, 0.717) is 10.6 Å². The molecule has 0 heterocycles. The minimum Gasteiger partial charge on any atom is -0.453 e. The Morgan fingerprint density at radius 1 is 1.04 bits per heavy atom. The number of esters is 1. The molecule has 2 rings (SSSR count). The molecule has 142 valence electrons. The lowest BCUT2D eigenvalue weighted by Crippen LogP contribution is -2.34. The molecule has 2 aromatic rings. The van der Waals surface area contributed by atoms with Crippen molar-refractivity contribution in [2.45, 2.75) is 26.9 Å². The molecule has 0 aliphatic rings. The molecular weight excluding hydrogens is 389 g/mol. The number of rotatable bonds is 6. The number of amides is 1. The molecule has 7 heteroatoms. The zero-order valence-electron chi connectivity index (χ0n) is 15.1. The second-order valence-electron chi connectivity index (χ2n) is 6.10. The monoisotopic (exact) mass is 407 g/mol. The molecule has 0 aliphatic heterocycles. The summed E-state index contributed by atoms with van der Waals surface area (Å²) in [6.45, 7) is 4.96. The van der Waals surface area contributed by atoms with Gasteiger partial charge in [-0.05, 0) is 56.2 Å². The van der Waals surface area contributed by atoms with E-state index in [-0.39, 0.29) is 22.9 Å². The first kappa shape index (κ1) is 20.9. The fourth-order valence-corrected chi connectivity index (χ4v) is 2.84. The first-order chi connectivity index (χ1) is 12.7. The van der Waals surface area contributed by atoms with E-state index in [9.17, 15) is 14.4 Å². The molecular formula is C20H19Cl2NO4. The van der Waals surface area contributed by atoms with E-state index in [0.717, 1.165) is 11.1 Å². The van der Waals surface area contributed by atoms with Crippen molar-refractivity contribution in [1.82, 2.24) is 5.32 Å². The number of hydrogen-bond acceptors (Lipinski definition) is 4. The van der Waals surface area contributed by atoms with Crippen molar-refractivity contribution in [3.63, 3.8) is 0 Å². The van der Waals surface area contributed by atoms with Gasteiger partial charge in [-0.2, -0.15) is 0 Å². The summed E-state index contributed by atoms with van der Waals surface area (Å²) < 4.78 is 5.12. The van der Waals surface area contributed by atoms with E-state index in [1.54, 1.807) is 12.1 Å². The lowest BCUT2D eigenvalue weighted by atomic mass is 10.0. The molecule has 0 fully saturated rings. The highest BCUT2D eigenvalue weighted by molar-refractivity contribution is 6.36. The van der Waals surface area contributed by atoms with Crippen molar-refractivity contribution in [3.8, 4) is 0 Å². The lowest BCUT2D eigenvalue weighted by molar-refractivity contribution is -0.145. The number of hydrogen-bond donors (Lipinski definition) is 1. The number of carbonyl (C=O) groups excluding carboxylic acids is 3. The van der Waals surface area contributed by atoms with E-state index in [4.69, 9.17) is 27.9 Å². The van der Waals surface area contributed by atoms with E-state index in [1.807, 2.05) is 19.9 Å². The van der Waals surface area contributed by atoms with Gasteiger partial charge in [0, 0.05) is 10.6 Å². The van der Waals surface area contributed by atoms with Crippen LogP contribution in [0.4, 0.5) is 0 Å². The van der Waals surface area contributed by atoms with Gasteiger partial charge < -0.3 is 10.1 Å². The quantitative estimate of drug-likeness (QED) is 0.576. The van der Waals surface area contributed by atoms with Gasteiger partial charge in [0.05, 0.1) is 10.6 Å². The Bertz CT molecular complexity index is 896.